The number of thioether (sulfide) groups is 1. The fourth-order valence-electron chi connectivity index (χ4n) is 0.829. The minimum atomic E-state index is -0.785. The molecule has 0 saturated carbocycles. The van der Waals surface area contributed by atoms with Crippen LogP contribution in [0, 0.1) is 0 Å². The van der Waals surface area contributed by atoms with Crippen molar-refractivity contribution < 1.29 is 14.3 Å². The van der Waals surface area contributed by atoms with Crippen LogP contribution < -0.4 is 0 Å². The fraction of sp³-hybridized carbons (Fsp3) is 0.500. The maximum atomic E-state index is 12.0. The molecule has 0 fully saturated rings. The molecule has 0 saturated heterocycles. The van der Waals surface area contributed by atoms with Crippen LogP contribution >= 0.6 is 11.8 Å². The van der Waals surface area contributed by atoms with Crippen LogP contribution in [0.1, 0.15) is 19.8 Å². The van der Waals surface area contributed by atoms with Crippen molar-refractivity contribution in [3.8, 4) is 0 Å². The highest BCUT2D eigenvalue weighted by Gasteiger charge is 1.98. The van der Waals surface area contributed by atoms with Crippen molar-refractivity contribution in [3.05, 3.63) is 23.1 Å². The number of alkyl halides is 1. The van der Waals surface area contributed by atoms with Gasteiger partial charge in [0, 0.05) is 11.3 Å². The molecule has 0 unspecified atom stereocenters. The minimum absolute atomic E-state index is 0.172. The predicted octanol–water partition coefficient (Wildman–Crippen LogP) is 3.01. The van der Waals surface area contributed by atoms with Crippen molar-refractivity contribution in [2.75, 3.05) is 12.4 Å². The lowest BCUT2D eigenvalue weighted by atomic mass is 10.3. The van der Waals surface area contributed by atoms with E-state index >= 15 is 0 Å². The molecule has 4 heteroatoms. The summed E-state index contributed by atoms with van der Waals surface area (Å²) < 4.78 is 12.0. The predicted molar refractivity (Wildman–Crippen MR) is 58.2 cm³/mol. The first-order valence-electron chi connectivity index (χ1n) is 4.44. The van der Waals surface area contributed by atoms with Crippen LogP contribution in [0.3, 0.4) is 0 Å². The second kappa shape index (κ2) is 8.81. The van der Waals surface area contributed by atoms with E-state index < -0.39 is 12.6 Å². The fourth-order valence-corrected chi connectivity index (χ4v) is 1.77. The van der Waals surface area contributed by atoms with E-state index in [1.807, 2.05) is 19.1 Å². The number of carboxylic acids is 1. The van der Waals surface area contributed by atoms with E-state index in [1.54, 1.807) is 0 Å². The van der Waals surface area contributed by atoms with Crippen molar-refractivity contribution in [1.82, 2.24) is 0 Å². The number of carbonyl (C=O) groups is 1. The summed E-state index contributed by atoms with van der Waals surface area (Å²) in [6.07, 6.45) is 5.94. The van der Waals surface area contributed by atoms with Gasteiger partial charge in [-0.1, -0.05) is 12.2 Å². The summed E-state index contributed by atoms with van der Waals surface area (Å²) in [5.41, 5.74) is 0. The van der Waals surface area contributed by atoms with Gasteiger partial charge in [-0.25, -0.2) is 4.39 Å². The Balaban J connectivity index is 3.72. The SMILES string of the molecule is C/C=C\C(=C/CF)SCCCC(=O)O. The first-order chi connectivity index (χ1) is 6.70. The lowest BCUT2D eigenvalue weighted by molar-refractivity contribution is -0.137. The van der Waals surface area contributed by atoms with Crippen LogP contribution in [0.15, 0.2) is 23.1 Å². The van der Waals surface area contributed by atoms with Gasteiger partial charge in [-0.05, 0) is 25.2 Å². The molecular weight excluding hydrogens is 203 g/mol. The van der Waals surface area contributed by atoms with E-state index in [2.05, 4.69) is 0 Å². The number of aliphatic carboxylic acids is 1. The molecule has 2 nitrogen and oxygen atoms in total. The Kier molecular flexibility index (Phi) is 8.33. The molecule has 0 atom stereocenters. The van der Waals surface area contributed by atoms with Crippen molar-refractivity contribution in [3.63, 3.8) is 0 Å². The minimum Gasteiger partial charge on any atom is -0.481 e. The normalized spacial score (nSPS) is 12.3. The Morgan fingerprint density at radius 2 is 2.29 bits per heavy atom. The standard InChI is InChI=1S/C10H15FO2S/c1-2-4-9(6-7-11)14-8-3-5-10(12)13/h2,4,6H,3,5,7-8H2,1H3,(H,12,13)/b4-2-,9-6+. The topological polar surface area (TPSA) is 37.3 Å². The van der Waals surface area contributed by atoms with E-state index in [0.29, 0.717) is 12.2 Å². The summed E-state index contributed by atoms with van der Waals surface area (Å²) >= 11 is 1.48. The Labute approximate surface area is 87.9 Å². The zero-order valence-corrected chi connectivity index (χ0v) is 9.02. The molecule has 80 valence electrons. The van der Waals surface area contributed by atoms with Crippen molar-refractivity contribution in [1.29, 1.82) is 0 Å². The molecule has 0 heterocycles. The highest BCUT2D eigenvalue weighted by atomic mass is 32.2. The number of carboxylic acid groups (broad SMARTS) is 1. The third kappa shape index (κ3) is 7.86. The third-order valence-electron chi connectivity index (χ3n) is 1.41. The Morgan fingerprint density at radius 1 is 1.57 bits per heavy atom. The summed E-state index contributed by atoms with van der Waals surface area (Å²) in [4.78, 5) is 11.1. The average Bonchev–Trinajstić information content (AvgIpc) is 2.12. The zero-order chi connectivity index (χ0) is 10.8. The number of halogens is 1. The molecule has 0 aromatic carbocycles. The quantitative estimate of drug-likeness (QED) is 0.527. The zero-order valence-electron chi connectivity index (χ0n) is 8.20. The first kappa shape index (κ1) is 13.2. The molecule has 0 aliphatic rings. The van der Waals surface area contributed by atoms with Crippen LogP contribution in [-0.2, 0) is 4.79 Å². The molecule has 0 bridgehead atoms. The smallest absolute Gasteiger partial charge is 0.303 e. The van der Waals surface area contributed by atoms with Gasteiger partial charge < -0.3 is 5.11 Å². The highest BCUT2D eigenvalue weighted by Crippen LogP contribution is 2.18. The number of hydrogen-bond acceptors (Lipinski definition) is 2. The van der Waals surface area contributed by atoms with Crippen LogP contribution in [-0.4, -0.2) is 23.5 Å². The maximum Gasteiger partial charge on any atom is 0.303 e. The van der Waals surface area contributed by atoms with Gasteiger partial charge in [0.05, 0.1) is 0 Å². The van der Waals surface area contributed by atoms with Gasteiger partial charge in [0.25, 0.3) is 0 Å². The largest absolute Gasteiger partial charge is 0.481 e. The van der Waals surface area contributed by atoms with Gasteiger partial charge in [-0.15, -0.1) is 11.8 Å². The molecule has 0 aromatic heterocycles. The van der Waals surface area contributed by atoms with Crippen LogP contribution in [0.2, 0.25) is 0 Å². The van der Waals surface area contributed by atoms with E-state index in [4.69, 9.17) is 5.11 Å². The number of allylic oxidation sites excluding steroid dienone is 3. The van der Waals surface area contributed by atoms with E-state index in [0.717, 1.165) is 4.91 Å². The molecule has 0 aromatic rings. The van der Waals surface area contributed by atoms with Crippen LogP contribution in [0.5, 0.6) is 0 Å². The van der Waals surface area contributed by atoms with E-state index in [-0.39, 0.29) is 6.42 Å². The third-order valence-corrected chi connectivity index (χ3v) is 2.54. The summed E-state index contributed by atoms with van der Waals surface area (Å²) in [6, 6.07) is 0. The van der Waals surface area contributed by atoms with Gasteiger partial charge in [-0.3, -0.25) is 4.79 Å². The lowest BCUT2D eigenvalue weighted by Crippen LogP contribution is -1.94. The second-order valence-corrected chi connectivity index (χ2v) is 3.77. The molecule has 1 N–H and O–H groups in total. The highest BCUT2D eigenvalue weighted by molar-refractivity contribution is 8.03. The molecule has 0 aliphatic heterocycles. The van der Waals surface area contributed by atoms with Crippen molar-refractivity contribution in [2.24, 2.45) is 0 Å². The molecule has 0 spiro atoms. The van der Waals surface area contributed by atoms with Gasteiger partial charge in [-0.2, -0.15) is 0 Å². The van der Waals surface area contributed by atoms with Gasteiger partial charge in [0.1, 0.15) is 6.67 Å². The maximum absolute atomic E-state index is 12.0. The molecule has 0 amide bonds. The van der Waals surface area contributed by atoms with Gasteiger partial charge >= 0.3 is 5.97 Å². The molecule has 0 radical (unpaired) electrons. The van der Waals surface area contributed by atoms with Crippen LogP contribution in [0.4, 0.5) is 4.39 Å². The van der Waals surface area contributed by atoms with Crippen LogP contribution in [0.25, 0.3) is 0 Å². The second-order valence-electron chi connectivity index (χ2n) is 2.61. The van der Waals surface area contributed by atoms with E-state index in [9.17, 15) is 9.18 Å². The summed E-state index contributed by atoms with van der Waals surface area (Å²) in [5, 5.41) is 8.39. The number of rotatable bonds is 7. The summed E-state index contributed by atoms with van der Waals surface area (Å²) in [7, 11) is 0. The summed E-state index contributed by atoms with van der Waals surface area (Å²) in [5.74, 6) is -0.0738. The Bertz CT molecular complexity index is 224. The molecule has 0 rings (SSSR count). The average molecular weight is 218 g/mol. The molecular formula is C10H15FO2S. The van der Waals surface area contributed by atoms with Crippen molar-refractivity contribution in [2.45, 2.75) is 19.8 Å². The number of hydrogen-bond donors (Lipinski definition) is 1. The monoisotopic (exact) mass is 218 g/mol. The molecule has 0 aliphatic carbocycles. The van der Waals surface area contributed by atoms with Gasteiger partial charge in [0.2, 0.25) is 0 Å². The van der Waals surface area contributed by atoms with Gasteiger partial charge in [0.15, 0.2) is 0 Å². The summed E-state index contributed by atoms with van der Waals surface area (Å²) in [6.45, 7) is 1.38. The Hall–Kier alpha value is -0.770. The Morgan fingerprint density at radius 3 is 2.79 bits per heavy atom. The molecule has 14 heavy (non-hydrogen) atoms. The van der Waals surface area contributed by atoms with Crippen molar-refractivity contribution >= 4 is 17.7 Å². The van der Waals surface area contributed by atoms with E-state index in [1.165, 1.54) is 17.8 Å². The lowest BCUT2D eigenvalue weighted by Gasteiger charge is -2.00. The first-order valence-corrected chi connectivity index (χ1v) is 5.42.